The van der Waals surface area contributed by atoms with Gasteiger partial charge in [0.25, 0.3) is 5.56 Å². The van der Waals surface area contributed by atoms with Gasteiger partial charge < -0.3 is 16.2 Å². The predicted molar refractivity (Wildman–Crippen MR) is 104 cm³/mol. The standard InChI is InChI=1S/C19H25F4N5O3/c1-31-16-14-11(17(29)26-18(30)28(14)9-2-3-9)13(25)12(20)15(16)27-5-4-8(7-27)10(24)6-19(21,22)23/h8-10,15-16H,2-7,24-25H2,1H3,(H,26,29,30). The summed E-state index contributed by atoms with van der Waals surface area (Å²) in [4.78, 5) is 28.8. The van der Waals surface area contributed by atoms with Gasteiger partial charge in [0.15, 0.2) is 0 Å². The molecule has 1 saturated heterocycles. The predicted octanol–water partition coefficient (Wildman–Crippen LogP) is 1.14. The first kappa shape index (κ1) is 22.0. The van der Waals surface area contributed by atoms with E-state index in [1.165, 1.54) is 11.7 Å². The van der Waals surface area contributed by atoms with Crippen LogP contribution in [0.25, 0.3) is 5.70 Å². The fourth-order valence-electron chi connectivity index (χ4n) is 4.81. The van der Waals surface area contributed by atoms with Crippen LogP contribution in [0.5, 0.6) is 0 Å². The Morgan fingerprint density at radius 3 is 2.52 bits per heavy atom. The molecule has 5 N–H and O–H groups in total. The lowest BCUT2D eigenvalue weighted by Crippen LogP contribution is -2.48. The molecular formula is C19H25F4N5O3. The third-order valence-electron chi connectivity index (χ3n) is 6.41. The number of rotatable bonds is 5. The van der Waals surface area contributed by atoms with E-state index in [1.807, 2.05) is 0 Å². The molecule has 2 heterocycles. The van der Waals surface area contributed by atoms with E-state index in [1.54, 1.807) is 4.90 Å². The van der Waals surface area contributed by atoms with Crippen LogP contribution in [0.1, 0.15) is 49.1 Å². The number of nitrogens with zero attached hydrogens (tertiary/aromatic N) is 2. The second kappa shape index (κ2) is 7.75. The molecule has 2 fully saturated rings. The number of halogens is 4. The maximum Gasteiger partial charge on any atom is 0.390 e. The third kappa shape index (κ3) is 3.92. The highest BCUT2D eigenvalue weighted by molar-refractivity contribution is 5.70. The lowest BCUT2D eigenvalue weighted by Gasteiger charge is -2.38. The quantitative estimate of drug-likeness (QED) is 0.583. The summed E-state index contributed by atoms with van der Waals surface area (Å²) < 4.78 is 60.6. The van der Waals surface area contributed by atoms with Crippen LogP contribution in [0.2, 0.25) is 0 Å². The molecule has 0 amide bonds. The Balaban J connectivity index is 1.71. The molecule has 0 spiro atoms. The van der Waals surface area contributed by atoms with Gasteiger partial charge in [0, 0.05) is 25.7 Å². The van der Waals surface area contributed by atoms with E-state index in [0.717, 1.165) is 12.8 Å². The van der Waals surface area contributed by atoms with E-state index in [-0.39, 0.29) is 36.1 Å². The van der Waals surface area contributed by atoms with Gasteiger partial charge in [-0.3, -0.25) is 19.2 Å². The number of aromatic amines is 1. The van der Waals surface area contributed by atoms with Gasteiger partial charge in [0.2, 0.25) is 0 Å². The van der Waals surface area contributed by atoms with Crippen molar-refractivity contribution in [2.45, 2.75) is 56.1 Å². The summed E-state index contributed by atoms with van der Waals surface area (Å²) in [7, 11) is 1.34. The van der Waals surface area contributed by atoms with Gasteiger partial charge in [-0.05, 0) is 31.7 Å². The first-order valence-corrected chi connectivity index (χ1v) is 10.2. The molecule has 2 aliphatic carbocycles. The highest BCUT2D eigenvalue weighted by Crippen LogP contribution is 2.44. The SMILES string of the molecule is COC1c2c(c(=O)[nH]c(=O)n2C2CC2)C(N)=C(F)C1N1CCC(C(N)CC(F)(F)F)C1. The van der Waals surface area contributed by atoms with Gasteiger partial charge in [-0.15, -0.1) is 0 Å². The van der Waals surface area contributed by atoms with Crippen molar-refractivity contribution in [2.75, 3.05) is 20.2 Å². The van der Waals surface area contributed by atoms with E-state index in [4.69, 9.17) is 16.2 Å². The molecule has 12 heteroatoms. The number of alkyl halides is 3. The summed E-state index contributed by atoms with van der Waals surface area (Å²) in [6.07, 6.45) is -4.72. The van der Waals surface area contributed by atoms with Gasteiger partial charge in [-0.2, -0.15) is 13.2 Å². The molecular weight excluding hydrogens is 422 g/mol. The van der Waals surface area contributed by atoms with E-state index >= 15 is 4.39 Å². The van der Waals surface area contributed by atoms with Gasteiger partial charge in [0.1, 0.15) is 11.9 Å². The highest BCUT2D eigenvalue weighted by Gasteiger charge is 2.47. The normalized spacial score (nSPS) is 28.1. The van der Waals surface area contributed by atoms with Gasteiger partial charge in [-0.25, -0.2) is 9.18 Å². The average molecular weight is 447 g/mol. The second-order valence-electron chi connectivity index (χ2n) is 8.51. The molecule has 0 aromatic carbocycles. The summed E-state index contributed by atoms with van der Waals surface area (Å²) in [5.41, 5.74) is 10.1. The van der Waals surface area contributed by atoms with Crippen LogP contribution in [0, 0.1) is 5.92 Å². The Bertz CT molecular complexity index is 1010. The summed E-state index contributed by atoms with van der Waals surface area (Å²) in [6.45, 7) is 0.405. The van der Waals surface area contributed by atoms with Crippen LogP contribution in [-0.2, 0) is 4.74 Å². The molecule has 1 aromatic heterocycles. The number of ether oxygens (including phenoxy) is 1. The molecule has 8 nitrogen and oxygen atoms in total. The number of hydrogen-bond acceptors (Lipinski definition) is 6. The van der Waals surface area contributed by atoms with Crippen molar-refractivity contribution in [1.29, 1.82) is 0 Å². The van der Waals surface area contributed by atoms with Crippen molar-refractivity contribution in [3.63, 3.8) is 0 Å². The van der Waals surface area contributed by atoms with Crippen molar-refractivity contribution >= 4 is 5.70 Å². The molecule has 31 heavy (non-hydrogen) atoms. The summed E-state index contributed by atoms with van der Waals surface area (Å²) in [5, 5.41) is 0. The Morgan fingerprint density at radius 1 is 1.26 bits per heavy atom. The third-order valence-corrected chi connectivity index (χ3v) is 6.41. The van der Waals surface area contributed by atoms with E-state index in [2.05, 4.69) is 4.98 Å². The second-order valence-corrected chi connectivity index (χ2v) is 8.51. The fourth-order valence-corrected chi connectivity index (χ4v) is 4.81. The number of aromatic nitrogens is 2. The Morgan fingerprint density at radius 2 is 1.94 bits per heavy atom. The number of fused-ring (bicyclic) bond motifs is 1. The van der Waals surface area contributed by atoms with Gasteiger partial charge in [0.05, 0.1) is 29.4 Å². The van der Waals surface area contributed by atoms with Crippen LogP contribution in [0.15, 0.2) is 15.4 Å². The van der Waals surface area contributed by atoms with Crippen LogP contribution in [-0.4, -0.2) is 52.9 Å². The number of methoxy groups -OCH3 is 1. The van der Waals surface area contributed by atoms with E-state index < -0.39 is 53.8 Å². The smallest absolute Gasteiger partial charge is 0.390 e. The van der Waals surface area contributed by atoms with Gasteiger partial charge in [-0.1, -0.05) is 0 Å². The van der Waals surface area contributed by atoms with Crippen LogP contribution in [0.4, 0.5) is 17.6 Å². The van der Waals surface area contributed by atoms with E-state index in [0.29, 0.717) is 6.42 Å². The summed E-state index contributed by atoms with van der Waals surface area (Å²) >= 11 is 0. The van der Waals surface area contributed by atoms with Crippen molar-refractivity contribution in [1.82, 2.24) is 14.5 Å². The Kier molecular flexibility index (Phi) is 5.51. The summed E-state index contributed by atoms with van der Waals surface area (Å²) in [6, 6.07) is -2.32. The van der Waals surface area contributed by atoms with Gasteiger partial charge >= 0.3 is 11.9 Å². The maximum absolute atomic E-state index is 15.4. The molecule has 1 aliphatic heterocycles. The minimum atomic E-state index is -4.39. The maximum atomic E-state index is 15.4. The summed E-state index contributed by atoms with van der Waals surface area (Å²) in [5.74, 6) is -1.28. The molecule has 1 aromatic rings. The molecule has 4 atom stereocenters. The molecule has 1 saturated carbocycles. The van der Waals surface area contributed by atoms with Crippen LogP contribution in [0.3, 0.4) is 0 Å². The first-order chi connectivity index (χ1) is 14.5. The van der Waals surface area contributed by atoms with Crippen molar-refractivity contribution in [3.8, 4) is 0 Å². The van der Waals surface area contributed by atoms with Crippen molar-refractivity contribution in [2.24, 2.45) is 17.4 Å². The monoisotopic (exact) mass is 447 g/mol. The highest BCUT2D eigenvalue weighted by atomic mass is 19.4. The topological polar surface area (TPSA) is 119 Å². The molecule has 0 radical (unpaired) electrons. The molecule has 4 unspecified atom stereocenters. The van der Waals surface area contributed by atoms with Crippen LogP contribution < -0.4 is 22.7 Å². The zero-order valence-corrected chi connectivity index (χ0v) is 16.9. The Hall–Kier alpha value is -2.18. The van der Waals surface area contributed by atoms with Crippen LogP contribution >= 0.6 is 0 Å². The molecule has 0 bridgehead atoms. The number of nitrogens with two attached hydrogens (primary N) is 2. The number of likely N-dealkylation sites (tertiary alicyclic amines) is 1. The number of hydrogen-bond donors (Lipinski definition) is 3. The van der Waals surface area contributed by atoms with E-state index in [9.17, 15) is 22.8 Å². The molecule has 4 rings (SSSR count). The minimum Gasteiger partial charge on any atom is -0.396 e. The largest absolute Gasteiger partial charge is 0.396 e. The lowest BCUT2D eigenvalue weighted by atomic mass is 9.91. The van der Waals surface area contributed by atoms with Crippen molar-refractivity contribution in [3.05, 3.63) is 37.9 Å². The first-order valence-electron chi connectivity index (χ1n) is 10.2. The van der Waals surface area contributed by atoms with Crippen molar-refractivity contribution < 1.29 is 22.3 Å². The fraction of sp³-hybridized carbons (Fsp3) is 0.684. The lowest BCUT2D eigenvalue weighted by molar-refractivity contribution is -0.140. The average Bonchev–Trinajstić information content (AvgIpc) is 3.37. The number of nitrogens with one attached hydrogen (secondary N) is 1. The minimum absolute atomic E-state index is 0.120. The molecule has 3 aliphatic rings. The number of H-pyrrole nitrogens is 1. The zero-order chi connectivity index (χ0) is 22.7. The zero-order valence-electron chi connectivity index (χ0n) is 16.9. The Labute approximate surface area is 174 Å². The molecule has 172 valence electrons.